The Hall–Kier alpha value is -1.55. The van der Waals surface area contributed by atoms with Crippen LogP contribution in [0.3, 0.4) is 0 Å². The number of hydrogen-bond acceptors (Lipinski definition) is 3. The van der Waals surface area contributed by atoms with Crippen LogP contribution in [0.2, 0.25) is 0 Å². The SMILES string of the molecule is CCCCCCCOc1cccc(NC(=O)C2CCCNC2)c1. The first-order valence-corrected chi connectivity index (χ1v) is 9.04. The highest BCUT2D eigenvalue weighted by molar-refractivity contribution is 5.92. The molecule has 0 spiro atoms. The number of rotatable bonds is 9. The number of benzene rings is 1. The van der Waals surface area contributed by atoms with Gasteiger partial charge in [-0.1, -0.05) is 38.7 Å². The number of anilines is 1. The highest BCUT2D eigenvalue weighted by Gasteiger charge is 2.20. The first-order chi connectivity index (χ1) is 11.3. The van der Waals surface area contributed by atoms with E-state index in [1.807, 2.05) is 24.3 Å². The number of amides is 1. The smallest absolute Gasteiger partial charge is 0.228 e. The Kier molecular flexibility index (Phi) is 7.95. The lowest BCUT2D eigenvalue weighted by Gasteiger charge is -2.22. The number of piperidine rings is 1. The number of unbranched alkanes of at least 4 members (excludes halogenated alkanes) is 4. The molecule has 2 rings (SSSR count). The largest absolute Gasteiger partial charge is 0.494 e. The zero-order valence-electron chi connectivity index (χ0n) is 14.3. The highest BCUT2D eigenvalue weighted by atomic mass is 16.5. The molecule has 23 heavy (non-hydrogen) atoms. The standard InChI is InChI=1S/C19H30N2O2/c1-2-3-4-5-6-13-23-18-11-7-10-17(14-18)21-19(22)16-9-8-12-20-15-16/h7,10-11,14,16,20H,2-6,8-9,12-13,15H2,1H3,(H,21,22). The molecule has 1 aromatic carbocycles. The minimum Gasteiger partial charge on any atom is -0.494 e. The van der Waals surface area contributed by atoms with Gasteiger partial charge in [0.05, 0.1) is 12.5 Å². The van der Waals surface area contributed by atoms with Gasteiger partial charge in [0.2, 0.25) is 5.91 Å². The molecule has 0 bridgehead atoms. The van der Waals surface area contributed by atoms with Crippen molar-refractivity contribution < 1.29 is 9.53 Å². The second-order valence-corrected chi connectivity index (χ2v) is 6.32. The van der Waals surface area contributed by atoms with Gasteiger partial charge in [-0.3, -0.25) is 4.79 Å². The number of hydrogen-bond donors (Lipinski definition) is 2. The molecule has 0 radical (unpaired) electrons. The summed E-state index contributed by atoms with van der Waals surface area (Å²) in [6.45, 7) is 4.76. The molecule has 1 aliphatic heterocycles. The number of ether oxygens (including phenoxy) is 1. The van der Waals surface area contributed by atoms with E-state index in [1.165, 1.54) is 25.7 Å². The van der Waals surface area contributed by atoms with Crippen LogP contribution in [0.4, 0.5) is 5.69 Å². The Balaban J connectivity index is 1.74. The summed E-state index contributed by atoms with van der Waals surface area (Å²) in [5.41, 5.74) is 0.823. The Bertz CT molecular complexity index is 470. The van der Waals surface area contributed by atoms with Gasteiger partial charge in [0.15, 0.2) is 0 Å². The summed E-state index contributed by atoms with van der Waals surface area (Å²) in [5.74, 6) is 1.01. The Labute approximate surface area is 140 Å². The average Bonchev–Trinajstić information content (AvgIpc) is 2.59. The van der Waals surface area contributed by atoms with E-state index in [4.69, 9.17) is 4.74 Å². The molecule has 1 fully saturated rings. The van der Waals surface area contributed by atoms with Crippen molar-refractivity contribution in [1.29, 1.82) is 0 Å². The zero-order valence-corrected chi connectivity index (χ0v) is 14.3. The predicted molar refractivity (Wildman–Crippen MR) is 94.9 cm³/mol. The molecule has 0 aliphatic carbocycles. The summed E-state index contributed by atoms with van der Waals surface area (Å²) < 4.78 is 5.79. The van der Waals surface area contributed by atoms with Crippen LogP contribution in [-0.4, -0.2) is 25.6 Å². The Morgan fingerprint density at radius 2 is 2.17 bits per heavy atom. The molecule has 1 atom stereocenters. The molecule has 4 nitrogen and oxygen atoms in total. The number of carbonyl (C=O) groups is 1. The van der Waals surface area contributed by atoms with Crippen molar-refractivity contribution in [2.45, 2.75) is 51.9 Å². The van der Waals surface area contributed by atoms with Crippen molar-refractivity contribution in [2.75, 3.05) is 25.0 Å². The van der Waals surface area contributed by atoms with Crippen molar-refractivity contribution in [2.24, 2.45) is 5.92 Å². The van der Waals surface area contributed by atoms with Crippen molar-refractivity contribution in [3.63, 3.8) is 0 Å². The normalized spacial score (nSPS) is 17.7. The van der Waals surface area contributed by atoms with Gasteiger partial charge >= 0.3 is 0 Å². The summed E-state index contributed by atoms with van der Waals surface area (Å²) in [6.07, 6.45) is 8.19. The summed E-state index contributed by atoms with van der Waals surface area (Å²) in [7, 11) is 0. The third-order valence-electron chi connectivity index (χ3n) is 4.29. The summed E-state index contributed by atoms with van der Waals surface area (Å²) in [6, 6.07) is 7.72. The lowest BCUT2D eigenvalue weighted by Crippen LogP contribution is -2.37. The molecule has 1 saturated heterocycles. The van der Waals surface area contributed by atoms with Crippen molar-refractivity contribution >= 4 is 11.6 Å². The van der Waals surface area contributed by atoms with Crippen LogP contribution in [0, 0.1) is 5.92 Å². The van der Waals surface area contributed by atoms with Gasteiger partial charge in [0.25, 0.3) is 0 Å². The summed E-state index contributed by atoms with van der Waals surface area (Å²) in [5, 5.41) is 6.29. The van der Waals surface area contributed by atoms with E-state index in [0.29, 0.717) is 0 Å². The molecule has 1 amide bonds. The fraction of sp³-hybridized carbons (Fsp3) is 0.632. The molecule has 0 aromatic heterocycles. The molecular weight excluding hydrogens is 288 g/mol. The first kappa shape index (κ1) is 17.8. The lowest BCUT2D eigenvalue weighted by atomic mass is 9.99. The third kappa shape index (κ3) is 6.61. The number of nitrogens with one attached hydrogen (secondary N) is 2. The van der Waals surface area contributed by atoms with E-state index < -0.39 is 0 Å². The van der Waals surface area contributed by atoms with E-state index in [1.54, 1.807) is 0 Å². The van der Waals surface area contributed by atoms with Crippen molar-refractivity contribution in [3.8, 4) is 5.75 Å². The van der Waals surface area contributed by atoms with Crippen molar-refractivity contribution in [3.05, 3.63) is 24.3 Å². The van der Waals surface area contributed by atoms with Crippen molar-refractivity contribution in [1.82, 2.24) is 5.32 Å². The van der Waals surface area contributed by atoms with Gasteiger partial charge in [-0.2, -0.15) is 0 Å². The third-order valence-corrected chi connectivity index (χ3v) is 4.29. The predicted octanol–water partition coefficient (Wildman–Crippen LogP) is 3.97. The topological polar surface area (TPSA) is 50.4 Å². The van der Waals surface area contributed by atoms with Gasteiger partial charge in [0, 0.05) is 18.3 Å². The molecule has 4 heteroatoms. The van der Waals surface area contributed by atoms with Gasteiger partial charge in [-0.15, -0.1) is 0 Å². The van der Waals surface area contributed by atoms with E-state index in [-0.39, 0.29) is 11.8 Å². The quantitative estimate of drug-likeness (QED) is 0.677. The van der Waals surface area contributed by atoms with Crippen LogP contribution >= 0.6 is 0 Å². The van der Waals surface area contributed by atoms with Crippen LogP contribution < -0.4 is 15.4 Å². The molecule has 128 valence electrons. The lowest BCUT2D eigenvalue weighted by molar-refractivity contribution is -0.120. The van der Waals surface area contributed by atoms with Gasteiger partial charge < -0.3 is 15.4 Å². The van der Waals surface area contributed by atoms with E-state index in [0.717, 1.165) is 50.4 Å². The molecule has 1 aliphatic rings. The molecule has 2 N–H and O–H groups in total. The minimum absolute atomic E-state index is 0.0758. The highest BCUT2D eigenvalue weighted by Crippen LogP contribution is 2.20. The maximum Gasteiger partial charge on any atom is 0.228 e. The second kappa shape index (κ2) is 10.3. The molecule has 1 aromatic rings. The van der Waals surface area contributed by atoms with Crippen LogP contribution in [0.5, 0.6) is 5.75 Å². The molecule has 1 heterocycles. The Morgan fingerprint density at radius 3 is 2.96 bits per heavy atom. The van der Waals surface area contributed by atoms with Crippen LogP contribution in [0.1, 0.15) is 51.9 Å². The molecule has 1 unspecified atom stereocenters. The van der Waals surface area contributed by atoms with Crippen LogP contribution in [0.15, 0.2) is 24.3 Å². The minimum atomic E-state index is 0.0758. The zero-order chi connectivity index (χ0) is 16.3. The van der Waals surface area contributed by atoms with Gasteiger partial charge in [0.1, 0.15) is 5.75 Å². The molecular formula is C19H30N2O2. The van der Waals surface area contributed by atoms with E-state index >= 15 is 0 Å². The maximum absolute atomic E-state index is 12.2. The first-order valence-electron chi connectivity index (χ1n) is 9.04. The maximum atomic E-state index is 12.2. The summed E-state index contributed by atoms with van der Waals surface area (Å²) in [4.78, 5) is 12.2. The number of carbonyl (C=O) groups excluding carboxylic acids is 1. The fourth-order valence-corrected chi connectivity index (χ4v) is 2.88. The average molecular weight is 318 g/mol. The van der Waals surface area contributed by atoms with Crippen LogP contribution in [0.25, 0.3) is 0 Å². The molecule has 0 saturated carbocycles. The van der Waals surface area contributed by atoms with Gasteiger partial charge in [-0.05, 0) is 37.9 Å². The van der Waals surface area contributed by atoms with E-state index in [2.05, 4.69) is 17.6 Å². The Morgan fingerprint density at radius 1 is 1.30 bits per heavy atom. The van der Waals surface area contributed by atoms with Gasteiger partial charge in [-0.25, -0.2) is 0 Å². The monoisotopic (exact) mass is 318 g/mol. The summed E-state index contributed by atoms with van der Waals surface area (Å²) >= 11 is 0. The second-order valence-electron chi connectivity index (χ2n) is 6.32. The van der Waals surface area contributed by atoms with Crippen LogP contribution in [-0.2, 0) is 4.79 Å². The fourth-order valence-electron chi connectivity index (χ4n) is 2.88. The van der Waals surface area contributed by atoms with E-state index in [9.17, 15) is 4.79 Å².